The van der Waals surface area contributed by atoms with E-state index in [9.17, 15) is 4.79 Å². The molecule has 1 aromatic carbocycles. The molecule has 2 aliphatic rings. The lowest BCUT2D eigenvalue weighted by atomic mass is 9.96. The highest BCUT2D eigenvalue weighted by Crippen LogP contribution is 2.38. The quantitative estimate of drug-likeness (QED) is 0.856. The number of benzene rings is 1. The minimum absolute atomic E-state index is 0.0528. The van der Waals surface area contributed by atoms with Crippen molar-refractivity contribution >= 4 is 11.6 Å². The number of fused-ring (bicyclic) bond motifs is 1. The number of aryl methyl sites for hydroxylation is 2. The molecule has 1 fully saturated rings. The summed E-state index contributed by atoms with van der Waals surface area (Å²) in [7, 11) is 0. The van der Waals surface area contributed by atoms with Crippen LogP contribution in [0, 0.1) is 5.92 Å². The first kappa shape index (κ1) is 11.7. The van der Waals surface area contributed by atoms with E-state index in [0.29, 0.717) is 5.92 Å². The molecule has 1 aromatic rings. The van der Waals surface area contributed by atoms with Crippen molar-refractivity contribution in [1.82, 2.24) is 0 Å². The van der Waals surface area contributed by atoms with Crippen LogP contribution in [-0.2, 0) is 17.6 Å². The van der Waals surface area contributed by atoms with E-state index in [1.54, 1.807) is 0 Å². The highest BCUT2D eigenvalue weighted by atomic mass is 16.2. The van der Waals surface area contributed by atoms with Crippen LogP contribution in [0.4, 0.5) is 5.69 Å². The van der Waals surface area contributed by atoms with Crippen LogP contribution in [0.3, 0.4) is 0 Å². The SMILES string of the molecule is CC(N)(C(=O)Nc1ccc2c(c1)CCC2)C1CC1. The topological polar surface area (TPSA) is 55.1 Å². The first-order valence-corrected chi connectivity index (χ1v) is 6.79. The molecule has 0 spiro atoms. The van der Waals surface area contributed by atoms with E-state index in [4.69, 9.17) is 5.73 Å². The van der Waals surface area contributed by atoms with Gasteiger partial charge in [-0.25, -0.2) is 0 Å². The van der Waals surface area contributed by atoms with Crippen molar-refractivity contribution in [2.45, 2.75) is 44.6 Å². The molecule has 0 bridgehead atoms. The molecule has 3 N–H and O–H groups in total. The highest BCUT2D eigenvalue weighted by molar-refractivity contribution is 5.98. The maximum absolute atomic E-state index is 12.2. The van der Waals surface area contributed by atoms with E-state index >= 15 is 0 Å². The van der Waals surface area contributed by atoms with Gasteiger partial charge < -0.3 is 11.1 Å². The summed E-state index contributed by atoms with van der Waals surface area (Å²) in [6.07, 6.45) is 5.67. The third kappa shape index (κ3) is 2.03. The van der Waals surface area contributed by atoms with Gasteiger partial charge in [0, 0.05) is 5.69 Å². The molecule has 0 aromatic heterocycles. The third-order valence-electron chi connectivity index (χ3n) is 4.27. The molecule has 3 heteroatoms. The maximum Gasteiger partial charge on any atom is 0.244 e. The summed E-state index contributed by atoms with van der Waals surface area (Å²) in [5.74, 6) is 0.301. The molecular formula is C15H20N2O. The first-order chi connectivity index (χ1) is 8.57. The Morgan fingerprint density at radius 1 is 1.33 bits per heavy atom. The maximum atomic E-state index is 12.2. The van der Waals surface area contributed by atoms with E-state index < -0.39 is 5.54 Å². The summed E-state index contributed by atoms with van der Waals surface area (Å²) < 4.78 is 0. The minimum Gasteiger partial charge on any atom is -0.324 e. The zero-order valence-electron chi connectivity index (χ0n) is 10.8. The van der Waals surface area contributed by atoms with Crippen molar-refractivity contribution in [3.8, 4) is 0 Å². The molecule has 1 amide bonds. The van der Waals surface area contributed by atoms with Gasteiger partial charge in [0.1, 0.15) is 0 Å². The second-order valence-electron chi connectivity index (χ2n) is 5.85. The number of nitrogens with two attached hydrogens (primary N) is 1. The first-order valence-electron chi connectivity index (χ1n) is 6.79. The fourth-order valence-corrected chi connectivity index (χ4v) is 2.78. The van der Waals surface area contributed by atoms with E-state index in [-0.39, 0.29) is 5.91 Å². The Balaban J connectivity index is 1.74. The predicted molar refractivity (Wildman–Crippen MR) is 72.4 cm³/mol. The zero-order valence-corrected chi connectivity index (χ0v) is 10.8. The number of carbonyl (C=O) groups is 1. The molecule has 1 unspecified atom stereocenters. The van der Waals surface area contributed by atoms with E-state index in [0.717, 1.165) is 24.9 Å². The Morgan fingerprint density at radius 2 is 2.06 bits per heavy atom. The Hall–Kier alpha value is -1.35. The van der Waals surface area contributed by atoms with Gasteiger partial charge >= 0.3 is 0 Å². The third-order valence-corrected chi connectivity index (χ3v) is 4.27. The van der Waals surface area contributed by atoms with Crippen molar-refractivity contribution in [2.75, 3.05) is 5.32 Å². The second kappa shape index (κ2) is 4.09. The van der Waals surface area contributed by atoms with Crippen molar-refractivity contribution < 1.29 is 4.79 Å². The lowest BCUT2D eigenvalue weighted by molar-refractivity contribution is -0.121. The van der Waals surface area contributed by atoms with Gasteiger partial charge in [0.15, 0.2) is 0 Å². The van der Waals surface area contributed by atoms with Crippen LogP contribution in [0.25, 0.3) is 0 Å². The van der Waals surface area contributed by atoms with Gasteiger partial charge in [-0.05, 0) is 68.2 Å². The number of anilines is 1. The minimum atomic E-state index is -0.723. The van der Waals surface area contributed by atoms with Crippen molar-refractivity contribution in [3.63, 3.8) is 0 Å². The summed E-state index contributed by atoms with van der Waals surface area (Å²) in [6, 6.07) is 6.22. The molecule has 0 heterocycles. The average molecular weight is 244 g/mol. The van der Waals surface area contributed by atoms with Crippen LogP contribution < -0.4 is 11.1 Å². The fourth-order valence-electron chi connectivity index (χ4n) is 2.78. The van der Waals surface area contributed by atoms with Crippen molar-refractivity contribution in [3.05, 3.63) is 29.3 Å². The van der Waals surface area contributed by atoms with Crippen LogP contribution in [0.1, 0.15) is 37.3 Å². The smallest absolute Gasteiger partial charge is 0.244 e. The van der Waals surface area contributed by atoms with E-state index in [2.05, 4.69) is 17.4 Å². The Bertz CT molecular complexity index is 489. The van der Waals surface area contributed by atoms with Gasteiger partial charge in [-0.1, -0.05) is 6.07 Å². The van der Waals surface area contributed by atoms with Gasteiger partial charge in [-0.3, -0.25) is 4.79 Å². The number of nitrogens with one attached hydrogen (secondary N) is 1. The Morgan fingerprint density at radius 3 is 2.78 bits per heavy atom. The summed E-state index contributed by atoms with van der Waals surface area (Å²) >= 11 is 0. The standard InChI is InChI=1S/C15H20N2O/c1-15(16,12-6-7-12)14(18)17-13-8-5-10-3-2-4-11(10)9-13/h5,8-9,12H,2-4,6-7,16H2,1H3,(H,17,18). The number of amides is 1. The molecule has 3 rings (SSSR count). The Kier molecular flexibility index (Phi) is 2.67. The van der Waals surface area contributed by atoms with E-state index in [1.807, 2.05) is 13.0 Å². The molecule has 18 heavy (non-hydrogen) atoms. The van der Waals surface area contributed by atoms with Crippen LogP contribution >= 0.6 is 0 Å². The molecule has 2 aliphatic carbocycles. The average Bonchev–Trinajstić information content (AvgIpc) is 3.09. The zero-order chi connectivity index (χ0) is 12.8. The van der Waals surface area contributed by atoms with Gasteiger partial charge in [0.2, 0.25) is 5.91 Å². The van der Waals surface area contributed by atoms with Gasteiger partial charge in [-0.15, -0.1) is 0 Å². The molecule has 1 atom stereocenters. The number of hydrogen-bond donors (Lipinski definition) is 2. The highest BCUT2D eigenvalue weighted by Gasteiger charge is 2.44. The lowest BCUT2D eigenvalue weighted by Crippen LogP contribution is -2.50. The second-order valence-corrected chi connectivity index (χ2v) is 5.85. The van der Waals surface area contributed by atoms with Gasteiger partial charge in [-0.2, -0.15) is 0 Å². The molecule has 0 saturated heterocycles. The van der Waals surface area contributed by atoms with E-state index in [1.165, 1.54) is 24.0 Å². The summed E-state index contributed by atoms with van der Waals surface area (Å²) in [6.45, 7) is 1.84. The van der Waals surface area contributed by atoms with Crippen LogP contribution in [-0.4, -0.2) is 11.4 Å². The van der Waals surface area contributed by atoms with Crippen LogP contribution in [0.5, 0.6) is 0 Å². The summed E-state index contributed by atoms with van der Waals surface area (Å²) in [5, 5.41) is 2.97. The number of rotatable bonds is 3. The molecule has 3 nitrogen and oxygen atoms in total. The van der Waals surface area contributed by atoms with Gasteiger partial charge in [0.05, 0.1) is 5.54 Å². The van der Waals surface area contributed by atoms with Crippen LogP contribution in [0.2, 0.25) is 0 Å². The fraction of sp³-hybridized carbons (Fsp3) is 0.533. The molecule has 96 valence electrons. The monoisotopic (exact) mass is 244 g/mol. The lowest BCUT2D eigenvalue weighted by Gasteiger charge is -2.23. The predicted octanol–water partition coefficient (Wildman–Crippen LogP) is 2.24. The van der Waals surface area contributed by atoms with Gasteiger partial charge in [0.25, 0.3) is 0 Å². The van der Waals surface area contributed by atoms with Crippen molar-refractivity contribution in [2.24, 2.45) is 11.7 Å². The summed E-state index contributed by atoms with van der Waals surface area (Å²) in [5.41, 5.74) is 9.07. The molecule has 0 aliphatic heterocycles. The molecule has 0 radical (unpaired) electrons. The molecule has 1 saturated carbocycles. The number of hydrogen-bond acceptors (Lipinski definition) is 2. The van der Waals surface area contributed by atoms with Crippen molar-refractivity contribution in [1.29, 1.82) is 0 Å². The normalized spacial score (nSPS) is 21.2. The van der Waals surface area contributed by atoms with Crippen LogP contribution in [0.15, 0.2) is 18.2 Å². The molecular weight excluding hydrogens is 224 g/mol. The largest absolute Gasteiger partial charge is 0.324 e. The summed E-state index contributed by atoms with van der Waals surface area (Å²) in [4.78, 5) is 12.2. The Labute approximate surface area is 108 Å². The number of carbonyl (C=O) groups excluding carboxylic acids is 1.